The number of rotatable bonds is 3. The number of nitrogen functional groups attached to an aromatic ring is 1. The summed E-state index contributed by atoms with van der Waals surface area (Å²) in [5.74, 6) is 0.782. The number of aryl methyl sites for hydroxylation is 1. The molecule has 0 heterocycles. The van der Waals surface area contributed by atoms with Crippen molar-refractivity contribution in [2.75, 3.05) is 18.2 Å². The van der Waals surface area contributed by atoms with Gasteiger partial charge < -0.3 is 15.8 Å². The van der Waals surface area contributed by atoms with E-state index in [9.17, 15) is 4.79 Å². The molecular weight excluding hydrogens is 336 g/mol. The van der Waals surface area contributed by atoms with Crippen LogP contribution in [0, 0.1) is 5.92 Å². The average molecular weight is 359 g/mol. The van der Waals surface area contributed by atoms with Gasteiger partial charge in [0.25, 0.3) is 0 Å². The summed E-state index contributed by atoms with van der Waals surface area (Å²) < 4.78 is 5.22. The first-order valence-electron chi connectivity index (χ1n) is 8.47. The highest BCUT2D eigenvalue weighted by molar-refractivity contribution is 5.98. The summed E-state index contributed by atoms with van der Waals surface area (Å²) in [5, 5.41) is 3.01. The maximum Gasteiger partial charge on any atom is 0.228 e. The number of ether oxygens (including phenoxy) is 1. The van der Waals surface area contributed by atoms with Crippen molar-refractivity contribution in [2.24, 2.45) is 5.92 Å². The van der Waals surface area contributed by atoms with E-state index in [2.05, 4.69) is 29.6 Å². The van der Waals surface area contributed by atoms with E-state index >= 15 is 0 Å². The van der Waals surface area contributed by atoms with Crippen molar-refractivity contribution in [2.45, 2.75) is 31.1 Å². The van der Waals surface area contributed by atoms with E-state index in [1.54, 1.807) is 25.3 Å². The van der Waals surface area contributed by atoms with Crippen LogP contribution in [0.25, 0.3) is 0 Å². The third-order valence-electron chi connectivity index (χ3n) is 5.53. The number of carbonyl (C=O) groups excluding carboxylic acids is 1. The molecule has 25 heavy (non-hydrogen) atoms. The molecule has 1 saturated carbocycles. The summed E-state index contributed by atoms with van der Waals surface area (Å²) in [6.07, 6.45) is 4.30. The van der Waals surface area contributed by atoms with Crippen molar-refractivity contribution < 1.29 is 9.53 Å². The molecule has 2 unspecified atom stereocenters. The fraction of sp³-hybridized carbons (Fsp3) is 0.350. The largest absolute Gasteiger partial charge is 0.497 e. The molecule has 0 aromatic heterocycles. The number of nitrogens with two attached hydrogens (primary N) is 1. The fourth-order valence-electron chi connectivity index (χ4n) is 4.17. The minimum atomic E-state index is 0. The van der Waals surface area contributed by atoms with E-state index in [1.165, 1.54) is 11.1 Å². The number of benzene rings is 2. The van der Waals surface area contributed by atoms with Gasteiger partial charge in [-0.3, -0.25) is 4.79 Å². The minimum absolute atomic E-state index is 0. The van der Waals surface area contributed by atoms with Gasteiger partial charge in [-0.25, -0.2) is 0 Å². The zero-order valence-corrected chi connectivity index (χ0v) is 15.1. The number of carbonyl (C=O) groups is 1. The van der Waals surface area contributed by atoms with Crippen LogP contribution < -0.4 is 15.8 Å². The van der Waals surface area contributed by atoms with Crippen LogP contribution in [-0.2, 0) is 16.6 Å². The molecule has 2 aromatic rings. The molecule has 132 valence electrons. The summed E-state index contributed by atoms with van der Waals surface area (Å²) in [5.41, 5.74) is 9.98. The number of hydrogen-bond donors (Lipinski definition) is 2. The molecule has 5 heteroatoms. The standard InChI is InChI=1S/C20H22N2O2.ClH/c1-24-14-8-9-17(21)18(11-14)22-19(23)16-12-20(16)10-4-6-13-5-2-3-7-15(13)20;/h2-3,5,7-9,11,16H,4,6,10,12,21H2,1H3,(H,22,23);1H. The second kappa shape index (κ2) is 6.60. The van der Waals surface area contributed by atoms with Crippen LogP contribution in [0.4, 0.5) is 11.4 Å². The second-order valence-corrected chi connectivity index (χ2v) is 6.87. The average Bonchev–Trinajstić information content (AvgIpc) is 3.32. The lowest BCUT2D eigenvalue weighted by Crippen LogP contribution is -2.25. The highest BCUT2D eigenvalue weighted by atomic mass is 35.5. The number of fused-ring (bicyclic) bond motifs is 2. The summed E-state index contributed by atoms with van der Waals surface area (Å²) in [4.78, 5) is 12.8. The molecule has 4 rings (SSSR count). The van der Waals surface area contributed by atoms with Crippen LogP contribution in [0.3, 0.4) is 0 Å². The predicted octanol–water partition coefficient (Wildman–Crippen LogP) is 3.93. The lowest BCUT2D eigenvalue weighted by atomic mass is 9.78. The van der Waals surface area contributed by atoms with E-state index in [4.69, 9.17) is 10.5 Å². The third kappa shape index (κ3) is 2.95. The van der Waals surface area contributed by atoms with E-state index in [0.29, 0.717) is 17.1 Å². The van der Waals surface area contributed by atoms with Crippen LogP contribution >= 0.6 is 12.4 Å². The molecule has 2 aliphatic carbocycles. The Morgan fingerprint density at radius 1 is 1.28 bits per heavy atom. The number of hydrogen-bond acceptors (Lipinski definition) is 3. The van der Waals surface area contributed by atoms with E-state index < -0.39 is 0 Å². The molecule has 2 atom stereocenters. The van der Waals surface area contributed by atoms with Gasteiger partial charge in [0.1, 0.15) is 5.75 Å². The van der Waals surface area contributed by atoms with Gasteiger partial charge in [-0.05, 0) is 48.9 Å². The molecule has 0 saturated heterocycles. The zero-order valence-electron chi connectivity index (χ0n) is 14.2. The Labute approximate surface area is 154 Å². The summed E-state index contributed by atoms with van der Waals surface area (Å²) >= 11 is 0. The Morgan fingerprint density at radius 2 is 2.08 bits per heavy atom. The van der Waals surface area contributed by atoms with Gasteiger partial charge in [0.15, 0.2) is 0 Å². The Kier molecular flexibility index (Phi) is 4.65. The first-order chi connectivity index (χ1) is 11.6. The van der Waals surface area contributed by atoms with Crippen molar-refractivity contribution >= 4 is 29.7 Å². The molecule has 2 aromatic carbocycles. The maximum atomic E-state index is 12.8. The van der Waals surface area contributed by atoms with Gasteiger partial charge in [-0.1, -0.05) is 24.3 Å². The topological polar surface area (TPSA) is 64.3 Å². The Bertz CT molecular complexity index is 808. The Morgan fingerprint density at radius 3 is 2.88 bits per heavy atom. The van der Waals surface area contributed by atoms with Gasteiger partial charge in [-0.15, -0.1) is 12.4 Å². The van der Waals surface area contributed by atoms with Gasteiger partial charge >= 0.3 is 0 Å². The molecule has 0 radical (unpaired) electrons. The van der Waals surface area contributed by atoms with Crippen molar-refractivity contribution in [1.82, 2.24) is 0 Å². The lowest BCUT2D eigenvalue weighted by molar-refractivity contribution is -0.117. The number of methoxy groups -OCH3 is 1. The number of anilines is 2. The zero-order chi connectivity index (χ0) is 16.7. The molecule has 1 fully saturated rings. The number of amides is 1. The Balaban J connectivity index is 0.00000182. The minimum Gasteiger partial charge on any atom is -0.497 e. The first kappa shape index (κ1) is 17.6. The highest BCUT2D eigenvalue weighted by Gasteiger charge is 2.60. The SMILES string of the molecule is COc1ccc(N)c(NC(=O)C2CC23CCCc2ccccc23)c1.Cl. The van der Waals surface area contributed by atoms with Crippen molar-refractivity contribution in [3.63, 3.8) is 0 Å². The summed E-state index contributed by atoms with van der Waals surface area (Å²) in [7, 11) is 1.60. The molecule has 1 amide bonds. The van der Waals surface area contributed by atoms with Crippen LogP contribution in [-0.4, -0.2) is 13.0 Å². The molecular formula is C20H23ClN2O2. The summed E-state index contributed by atoms with van der Waals surface area (Å²) in [6.45, 7) is 0. The van der Waals surface area contributed by atoms with Gasteiger partial charge in [0.05, 0.1) is 18.5 Å². The normalized spacial score (nSPS) is 23.3. The van der Waals surface area contributed by atoms with Gasteiger partial charge in [0.2, 0.25) is 5.91 Å². The molecule has 3 N–H and O–H groups in total. The van der Waals surface area contributed by atoms with Crippen LogP contribution in [0.5, 0.6) is 5.75 Å². The molecule has 4 nitrogen and oxygen atoms in total. The number of nitrogens with one attached hydrogen (secondary N) is 1. The van der Waals surface area contributed by atoms with E-state index in [1.807, 2.05) is 0 Å². The predicted molar refractivity (Wildman–Crippen MR) is 102 cm³/mol. The van der Waals surface area contributed by atoms with Crippen molar-refractivity contribution in [1.29, 1.82) is 0 Å². The van der Waals surface area contributed by atoms with E-state index in [0.717, 1.165) is 25.7 Å². The van der Waals surface area contributed by atoms with Gasteiger partial charge in [-0.2, -0.15) is 0 Å². The number of halogens is 1. The smallest absolute Gasteiger partial charge is 0.228 e. The van der Waals surface area contributed by atoms with Gasteiger partial charge in [0, 0.05) is 17.4 Å². The highest BCUT2D eigenvalue weighted by Crippen LogP contribution is 2.60. The van der Waals surface area contributed by atoms with Crippen LogP contribution in [0.1, 0.15) is 30.4 Å². The van der Waals surface area contributed by atoms with Crippen molar-refractivity contribution in [3.05, 3.63) is 53.6 Å². The second-order valence-electron chi connectivity index (χ2n) is 6.87. The molecule has 1 spiro atoms. The maximum absolute atomic E-state index is 12.8. The molecule has 0 bridgehead atoms. The quantitative estimate of drug-likeness (QED) is 0.817. The van der Waals surface area contributed by atoms with Crippen LogP contribution in [0.2, 0.25) is 0 Å². The third-order valence-corrected chi connectivity index (χ3v) is 5.53. The Hall–Kier alpha value is -2.20. The fourth-order valence-corrected chi connectivity index (χ4v) is 4.17. The first-order valence-corrected chi connectivity index (χ1v) is 8.47. The monoisotopic (exact) mass is 358 g/mol. The molecule has 0 aliphatic heterocycles. The summed E-state index contributed by atoms with van der Waals surface area (Å²) in [6, 6.07) is 13.9. The molecule has 2 aliphatic rings. The van der Waals surface area contributed by atoms with Crippen LogP contribution in [0.15, 0.2) is 42.5 Å². The lowest BCUT2D eigenvalue weighted by Gasteiger charge is -2.26. The van der Waals surface area contributed by atoms with E-state index in [-0.39, 0.29) is 29.6 Å². The van der Waals surface area contributed by atoms with Crippen molar-refractivity contribution in [3.8, 4) is 5.75 Å².